The van der Waals surface area contributed by atoms with Crippen LogP contribution in [0.15, 0.2) is 24.3 Å². The number of hydrogen-bond donors (Lipinski definition) is 0. The molecule has 1 aliphatic rings. The maximum absolute atomic E-state index is 4.83. The molecule has 1 saturated heterocycles. The molecule has 0 amide bonds. The number of imidazole rings is 1. The van der Waals surface area contributed by atoms with Crippen LogP contribution in [0.25, 0.3) is 11.0 Å². The lowest BCUT2D eigenvalue weighted by molar-refractivity contribution is 0.280. The molecule has 0 atom stereocenters. The number of aromatic nitrogens is 2. The lowest BCUT2D eigenvalue weighted by atomic mass is 10.2. The number of fused-ring (bicyclic) bond motifs is 1. The Kier molecular flexibility index (Phi) is 4.91. The fraction of sp³-hybridized carbons (Fsp3) is 0.611. The Balaban J connectivity index is 1.62. The van der Waals surface area contributed by atoms with E-state index in [-0.39, 0.29) is 0 Å². The van der Waals surface area contributed by atoms with Crippen molar-refractivity contribution in [3.8, 4) is 0 Å². The van der Waals surface area contributed by atoms with E-state index in [0.29, 0.717) is 0 Å². The topological polar surface area (TPSA) is 21.1 Å². The Bertz CT molecular complexity index is 565. The van der Waals surface area contributed by atoms with Crippen LogP contribution < -0.4 is 0 Å². The van der Waals surface area contributed by atoms with Crippen molar-refractivity contribution >= 4 is 11.0 Å². The van der Waals surface area contributed by atoms with Crippen LogP contribution in [0.3, 0.4) is 0 Å². The molecule has 3 rings (SSSR count). The zero-order valence-corrected chi connectivity index (χ0v) is 13.2. The molecule has 0 unspecified atom stereocenters. The van der Waals surface area contributed by atoms with E-state index in [0.717, 1.165) is 18.5 Å². The van der Waals surface area contributed by atoms with Crippen LogP contribution in [-0.2, 0) is 13.0 Å². The van der Waals surface area contributed by atoms with Crippen LogP contribution in [0.5, 0.6) is 0 Å². The molecular weight excluding hydrogens is 258 g/mol. The van der Waals surface area contributed by atoms with Crippen molar-refractivity contribution in [2.75, 3.05) is 19.6 Å². The highest BCUT2D eigenvalue weighted by molar-refractivity contribution is 5.75. The fourth-order valence-corrected chi connectivity index (χ4v) is 3.49. The molecule has 0 radical (unpaired) electrons. The van der Waals surface area contributed by atoms with Crippen molar-refractivity contribution < 1.29 is 0 Å². The number of para-hydroxylation sites is 2. The smallest absolute Gasteiger partial charge is 0.109 e. The van der Waals surface area contributed by atoms with E-state index in [4.69, 9.17) is 4.98 Å². The molecule has 114 valence electrons. The summed E-state index contributed by atoms with van der Waals surface area (Å²) < 4.78 is 2.37. The van der Waals surface area contributed by atoms with Gasteiger partial charge in [-0.15, -0.1) is 0 Å². The van der Waals surface area contributed by atoms with E-state index in [1.54, 1.807) is 0 Å². The van der Waals surface area contributed by atoms with Crippen molar-refractivity contribution in [1.29, 1.82) is 0 Å². The summed E-state index contributed by atoms with van der Waals surface area (Å²) in [6, 6.07) is 8.50. The minimum Gasteiger partial charge on any atom is -0.328 e. The van der Waals surface area contributed by atoms with Gasteiger partial charge in [0.25, 0.3) is 0 Å². The van der Waals surface area contributed by atoms with Gasteiger partial charge in [-0.25, -0.2) is 4.98 Å². The summed E-state index contributed by atoms with van der Waals surface area (Å²) in [6.45, 7) is 7.05. The van der Waals surface area contributed by atoms with Crippen molar-refractivity contribution in [3.63, 3.8) is 0 Å². The van der Waals surface area contributed by atoms with Gasteiger partial charge in [-0.1, -0.05) is 25.0 Å². The minimum absolute atomic E-state index is 1.01. The summed E-state index contributed by atoms with van der Waals surface area (Å²) in [6.07, 6.45) is 7.92. The molecule has 2 heterocycles. The van der Waals surface area contributed by atoms with Gasteiger partial charge in [0.2, 0.25) is 0 Å². The van der Waals surface area contributed by atoms with Crippen LogP contribution in [0.4, 0.5) is 0 Å². The van der Waals surface area contributed by atoms with Crippen molar-refractivity contribution in [1.82, 2.24) is 14.5 Å². The van der Waals surface area contributed by atoms with Gasteiger partial charge in [0, 0.05) is 13.0 Å². The van der Waals surface area contributed by atoms with Crippen LogP contribution >= 0.6 is 0 Å². The highest BCUT2D eigenvalue weighted by Gasteiger charge is 2.11. The van der Waals surface area contributed by atoms with Crippen LogP contribution in [0.1, 0.15) is 44.9 Å². The SMILES string of the molecule is CCn1c(CCCN2CCCCCC2)nc2ccccc21. The van der Waals surface area contributed by atoms with Gasteiger partial charge in [-0.3, -0.25) is 0 Å². The molecule has 0 saturated carbocycles. The van der Waals surface area contributed by atoms with Crippen molar-refractivity contribution in [2.24, 2.45) is 0 Å². The quantitative estimate of drug-likeness (QED) is 0.831. The van der Waals surface area contributed by atoms with Gasteiger partial charge in [0.15, 0.2) is 0 Å². The minimum atomic E-state index is 1.01. The standard InChI is InChI=1S/C18H27N3/c1-2-21-17-11-6-5-10-16(17)19-18(21)12-9-15-20-13-7-3-4-8-14-20/h5-6,10-11H,2-4,7-9,12-15H2,1H3. The van der Waals surface area contributed by atoms with E-state index in [2.05, 4.69) is 40.7 Å². The molecule has 0 aliphatic carbocycles. The molecule has 1 aliphatic heterocycles. The number of likely N-dealkylation sites (tertiary alicyclic amines) is 1. The third-order valence-electron chi connectivity index (χ3n) is 4.62. The lowest BCUT2D eigenvalue weighted by Gasteiger charge is -2.19. The highest BCUT2D eigenvalue weighted by atomic mass is 15.1. The summed E-state index contributed by atoms with van der Waals surface area (Å²) in [5, 5.41) is 0. The zero-order valence-electron chi connectivity index (χ0n) is 13.2. The summed E-state index contributed by atoms with van der Waals surface area (Å²) in [5.41, 5.74) is 2.42. The Morgan fingerprint density at radius 3 is 2.57 bits per heavy atom. The van der Waals surface area contributed by atoms with Crippen molar-refractivity contribution in [3.05, 3.63) is 30.1 Å². The van der Waals surface area contributed by atoms with Gasteiger partial charge in [-0.05, 0) is 58.0 Å². The largest absolute Gasteiger partial charge is 0.328 e. The Hall–Kier alpha value is -1.35. The Labute approximate surface area is 128 Å². The van der Waals surface area contributed by atoms with E-state index < -0.39 is 0 Å². The van der Waals surface area contributed by atoms with Gasteiger partial charge in [0.05, 0.1) is 11.0 Å². The van der Waals surface area contributed by atoms with Gasteiger partial charge < -0.3 is 9.47 Å². The number of hydrogen-bond acceptors (Lipinski definition) is 2. The fourth-order valence-electron chi connectivity index (χ4n) is 3.49. The number of aryl methyl sites for hydroxylation is 2. The Morgan fingerprint density at radius 2 is 1.81 bits per heavy atom. The van der Waals surface area contributed by atoms with E-state index >= 15 is 0 Å². The molecule has 2 aromatic rings. The van der Waals surface area contributed by atoms with Gasteiger partial charge >= 0.3 is 0 Å². The second kappa shape index (κ2) is 7.08. The van der Waals surface area contributed by atoms with E-state index in [1.807, 2.05) is 0 Å². The first kappa shape index (κ1) is 14.6. The molecule has 1 fully saturated rings. The summed E-state index contributed by atoms with van der Waals surface area (Å²) >= 11 is 0. The molecule has 3 heteroatoms. The summed E-state index contributed by atoms with van der Waals surface area (Å²) in [7, 11) is 0. The maximum Gasteiger partial charge on any atom is 0.109 e. The second-order valence-electron chi connectivity index (χ2n) is 6.12. The van der Waals surface area contributed by atoms with E-state index in [9.17, 15) is 0 Å². The number of benzene rings is 1. The third-order valence-corrected chi connectivity index (χ3v) is 4.62. The average Bonchev–Trinajstić information content (AvgIpc) is 2.67. The molecule has 1 aromatic heterocycles. The molecule has 21 heavy (non-hydrogen) atoms. The molecule has 1 aromatic carbocycles. The zero-order chi connectivity index (χ0) is 14.5. The van der Waals surface area contributed by atoms with Crippen LogP contribution in [0.2, 0.25) is 0 Å². The number of rotatable bonds is 5. The van der Waals surface area contributed by atoms with Crippen LogP contribution in [-0.4, -0.2) is 34.1 Å². The average molecular weight is 285 g/mol. The summed E-state index contributed by atoms with van der Waals surface area (Å²) in [4.78, 5) is 7.47. The highest BCUT2D eigenvalue weighted by Crippen LogP contribution is 2.17. The first-order valence-electron chi connectivity index (χ1n) is 8.55. The van der Waals surface area contributed by atoms with E-state index in [1.165, 1.54) is 63.1 Å². The first-order chi connectivity index (χ1) is 10.4. The third kappa shape index (κ3) is 3.46. The van der Waals surface area contributed by atoms with Gasteiger partial charge in [0.1, 0.15) is 5.82 Å². The molecule has 0 N–H and O–H groups in total. The molecule has 0 spiro atoms. The maximum atomic E-state index is 4.83. The van der Waals surface area contributed by atoms with Gasteiger partial charge in [-0.2, -0.15) is 0 Å². The summed E-state index contributed by atoms with van der Waals surface area (Å²) in [5.74, 6) is 1.26. The molecule has 0 bridgehead atoms. The van der Waals surface area contributed by atoms with Crippen molar-refractivity contribution in [2.45, 2.75) is 52.0 Å². The lowest BCUT2D eigenvalue weighted by Crippen LogP contribution is -2.26. The first-order valence-corrected chi connectivity index (χ1v) is 8.55. The van der Waals surface area contributed by atoms with Crippen LogP contribution in [0, 0.1) is 0 Å². The second-order valence-corrected chi connectivity index (χ2v) is 6.12. The normalized spacial score (nSPS) is 17.2. The molecular formula is C18H27N3. The monoisotopic (exact) mass is 285 g/mol. The Morgan fingerprint density at radius 1 is 1.05 bits per heavy atom. The predicted octanol–water partition coefficient (Wildman–Crippen LogP) is 3.86. The number of nitrogens with zero attached hydrogens (tertiary/aromatic N) is 3. The predicted molar refractivity (Wildman–Crippen MR) is 88.6 cm³/mol. The molecule has 3 nitrogen and oxygen atoms in total.